The van der Waals surface area contributed by atoms with Crippen LogP contribution in [-0.4, -0.2) is 15.9 Å². The quantitative estimate of drug-likeness (QED) is 0.518. The van der Waals surface area contributed by atoms with E-state index in [0.29, 0.717) is 16.5 Å². The number of rotatable bonds is 4. The average molecular weight is 418 g/mol. The number of aromatic nitrogens is 1. The normalized spacial score (nSPS) is 21.1. The SMILES string of the molecule is CCc1ccc(Oc2nc3ccccc3s2)cc1C1=C(O)C2=C(C)[C@](C)(CC2)C1=O. The van der Waals surface area contributed by atoms with Gasteiger partial charge in [-0.15, -0.1) is 0 Å². The molecule has 30 heavy (non-hydrogen) atoms. The number of benzene rings is 2. The molecule has 5 rings (SSSR count). The van der Waals surface area contributed by atoms with Crippen LogP contribution in [0.2, 0.25) is 0 Å². The minimum absolute atomic E-state index is 0.00517. The van der Waals surface area contributed by atoms with E-state index in [1.807, 2.05) is 56.3 Å². The number of aryl methyl sites for hydroxylation is 1. The number of ketones is 1. The zero-order chi connectivity index (χ0) is 21.0. The van der Waals surface area contributed by atoms with Crippen LogP contribution in [0, 0.1) is 5.41 Å². The lowest BCUT2D eigenvalue weighted by atomic mass is 9.72. The predicted octanol–water partition coefficient (Wildman–Crippen LogP) is 6.62. The highest BCUT2D eigenvalue weighted by molar-refractivity contribution is 7.20. The van der Waals surface area contributed by atoms with Crippen molar-refractivity contribution in [3.63, 3.8) is 0 Å². The average Bonchev–Trinajstić information content (AvgIpc) is 3.26. The van der Waals surface area contributed by atoms with Crippen LogP contribution < -0.4 is 4.74 Å². The molecule has 1 N–H and O–H groups in total. The lowest BCUT2D eigenvalue weighted by Gasteiger charge is -2.30. The van der Waals surface area contributed by atoms with Crippen molar-refractivity contribution in [1.29, 1.82) is 0 Å². The van der Waals surface area contributed by atoms with Crippen molar-refractivity contribution in [3.05, 3.63) is 70.5 Å². The Labute approximate surface area is 179 Å². The third-order valence-corrected chi connectivity index (χ3v) is 7.53. The topological polar surface area (TPSA) is 59.4 Å². The van der Waals surface area contributed by atoms with Crippen LogP contribution in [0.15, 0.2) is 59.4 Å². The molecule has 152 valence electrons. The number of hydrogen-bond donors (Lipinski definition) is 1. The van der Waals surface area contributed by atoms with Gasteiger partial charge < -0.3 is 9.84 Å². The molecular weight excluding hydrogens is 394 g/mol. The van der Waals surface area contributed by atoms with Gasteiger partial charge in [0.1, 0.15) is 11.5 Å². The number of carbonyl (C=O) groups excluding carboxylic acids is 1. The molecule has 0 saturated heterocycles. The van der Waals surface area contributed by atoms with E-state index in [2.05, 4.69) is 11.9 Å². The molecule has 0 amide bonds. The van der Waals surface area contributed by atoms with E-state index in [1.54, 1.807) is 0 Å². The lowest BCUT2D eigenvalue weighted by molar-refractivity contribution is -0.120. The highest BCUT2D eigenvalue weighted by Gasteiger charge is 2.48. The summed E-state index contributed by atoms with van der Waals surface area (Å²) in [5.74, 6) is 0.757. The van der Waals surface area contributed by atoms with Crippen molar-refractivity contribution in [1.82, 2.24) is 4.98 Å². The smallest absolute Gasteiger partial charge is 0.279 e. The van der Waals surface area contributed by atoms with Gasteiger partial charge in [0, 0.05) is 0 Å². The van der Waals surface area contributed by atoms with Crippen molar-refractivity contribution in [2.75, 3.05) is 0 Å². The summed E-state index contributed by atoms with van der Waals surface area (Å²) < 4.78 is 7.12. The van der Waals surface area contributed by atoms with Gasteiger partial charge in [0.25, 0.3) is 5.19 Å². The molecule has 4 nitrogen and oxygen atoms in total. The Bertz CT molecular complexity index is 1230. The van der Waals surface area contributed by atoms with Crippen LogP contribution >= 0.6 is 11.3 Å². The van der Waals surface area contributed by atoms with Crippen LogP contribution in [0.1, 0.15) is 44.7 Å². The molecule has 0 saturated carbocycles. The number of nitrogens with zero attached hydrogens (tertiary/aromatic N) is 1. The Balaban J connectivity index is 1.59. The van der Waals surface area contributed by atoms with Gasteiger partial charge in [-0.1, -0.05) is 42.0 Å². The first-order valence-electron chi connectivity index (χ1n) is 10.3. The minimum atomic E-state index is -0.522. The van der Waals surface area contributed by atoms with Gasteiger partial charge in [-0.2, -0.15) is 0 Å². The molecule has 1 aromatic heterocycles. The molecular formula is C25H23NO3S. The molecule has 3 aromatic rings. The van der Waals surface area contributed by atoms with E-state index in [0.717, 1.165) is 51.8 Å². The van der Waals surface area contributed by atoms with Crippen molar-refractivity contribution in [2.24, 2.45) is 5.41 Å². The zero-order valence-electron chi connectivity index (χ0n) is 17.3. The van der Waals surface area contributed by atoms with Gasteiger partial charge in [0.2, 0.25) is 0 Å². The number of para-hydroxylation sites is 1. The predicted molar refractivity (Wildman–Crippen MR) is 120 cm³/mol. The first-order chi connectivity index (χ1) is 14.4. The van der Waals surface area contributed by atoms with Gasteiger partial charge in [0.05, 0.1) is 21.2 Å². The maximum absolute atomic E-state index is 13.5. The number of Topliss-reactive ketones (excluding diaryl/α,β-unsaturated/α-hetero) is 1. The number of aliphatic hydroxyl groups excluding tert-OH is 1. The van der Waals surface area contributed by atoms with Crippen LogP contribution in [0.5, 0.6) is 10.9 Å². The molecule has 0 fully saturated rings. The Hall–Kier alpha value is -2.92. The van der Waals surface area contributed by atoms with E-state index in [1.165, 1.54) is 11.3 Å². The number of allylic oxidation sites excluding steroid dienone is 3. The summed E-state index contributed by atoms with van der Waals surface area (Å²) in [4.78, 5) is 18.0. The number of thiazole rings is 1. The molecule has 2 aliphatic carbocycles. The summed E-state index contributed by atoms with van der Waals surface area (Å²) in [5, 5.41) is 11.6. The number of aliphatic hydroxyl groups is 1. The largest absolute Gasteiger partial charge is 0.507 e. The number of hydrogen-bond acceptors (Lipinski definition) is 5. The molecule has 1 atom stereocenters. The van der Waals surface area contributed by atoms with Crippen molar-refractivity contribution in [2.45, 2.75) is 40.0 Å². The Morgan fingerprint density at radius 3 is 2.80 bits per heavy atom. The fourth-order valence-electron chi connectivity index (χ4n) is 4.60. The Morgan fingerprint density at radius 2 is 2.03 bits per heavy atom. The zero-order valence-corrected chi connectivity index (χ0v) is 18.1. The van der Waals surface area contributed by atoms with E-state index < -0.39 is 5.41 Å². The number of carbonyl (C=O) groups is 1. The molecule has 0 aliphatic heterocycles. The summed E-state index contributed by atoms with van der Waals surface area (Å²) in [6.45, 7) is 6.02. The Morgan fingerprint density at radius 1 is 1.23 bits per heavy atom. The highest BCUT2D eigenvalue weighted by Crippen LogP contribution is 2.53. The van der Waals surface area contributed by atoms with E-state index >= 15 is 0 Å². The maximum Gasteiger partial charge on any atom is 0.279 e. The summed E-state index contributed by atoms with van der Waals surface area (Å²) in [6, 6.07) is 13.7. The molecule has 0 spiro atoms. The van der Waals surface area contributed by atoms with Crippen LogP contribution in [0.3, 0.4) is 0 Å². The van der Waals surface area contributed by atoms with Gasteiger partial charge in [-0.25, -0.2) is 4.98 Å². The molecule has 0 radical (unpaired) electrons. The molecule has 5 heteroatoms. The third kappa shape index (κ3) is 2.72. The lowest BCUT2D eigenvalue weighted by Crippen LogP contribution is -2.30. The van der Waals surface area contributed by atoms with Crippen molar-refractivity contribution in [3.8, 4) is 10.9 Å². The van der Waals surface area contributed by atoms with Crippen molar-refractivity contribution >= 4 is 32.9 Å². The maximum atomic E-state index is 13.5. The van der Waals surface area contributed by atoms with E-state index in [4.69, 9.17) is 4.74 Å². The second kappa shape index (κ2) is 6.81. The summed E-state index contributed by atoms with van der Waals surface area (Å²) in [5.41, 5.74) is 4.52. The van der Waals surface area contributed by atoms with Gasteiger partial charge >= 0.3 is 0 Å². The minimum Gasteiger partial charge on any atom is -0.507 e. The van der Waals surface area contributed by atoms with E-state index in [9.17, 15) is 9.90 Å². The molecule has 0 unspecified atom stereocenters. The third-order valence-electron chi connectivity index (χ3n) is 6.62. The van der Waals surface area contributed by atoms with Gasteiger partial charge in [0.15, 0.2) is 5.78 Å². The monoisotopic (exact) mass is 417 g/mol. The van der Waals surface area contributed by atoms with E-state index in [-0.39, 0.29) is 11.5 Å². The molecule has 1 heterocycles. The second-order valence-corrected chi connectivity index (χ2v) is 9.20. The highest BCUT2D eigenvalue weighted by atomic mass is 32.1. The fourth-order valence-corrected chi connectivity index (χ4v) is 5.44. The summed E-state index contributed by atoms with van der Waals surface area (Å²) >= 11 is 1.49. The second-order valence-electron chi connectivity index (χ2n) is 8.21. The molecule has 2 bridgehead atoms. The Kier molecular flexibility index (Phi) is 4.33. The summed E-state index contributed by atoms with van der Waals surface area (Å²) in [6.07, 6.45) is 2.26. The fraction of sp³-hybridized carbons (Fsp3) is 0.280. The first kappa shape index (κ1) is 19.1. The van der Waals surface area contributed by atoms with Gasteiger partial charge in [-0.3, -0.25) is 4.79 Å². The molecule has 2 aromatic carbocycles. The molecule has 2 aliphatic rings. The standard InChI is InChI=1S/C25H23NO3S/c1-4-15-9-10-16(29-24-26-19-7-5-6-8-20(19)30-24)13-18(15)21-22(27)17-11-12-25(3,14(17)2)23(21)28/h5-10,13,27H,4,11-12H2,1-3H3/t25-/m0/s1. The summed E-state index contributed by atoms with van der Waals surface area (Å²) in [7, 11) is 0. The number of ether oxygens (including phenoxy) is 1. The van der Waals surface area contributed by atoms with Crippen molar-refractivity contribution < 1.29 is 14.6 Å². The van der Waals surface area contributed by atoms with Gasteiger partial charge in [-0.05, 0) is 74.1 Å². The first-order valence-corrected chi connectivity index (χ1v) is 11.1. The van der Waals surface area contributed by atoms with Crippen LogP contribution in [0.25, 0.3) is 15.8 Å². The van der Waals surface area contributed by atoms with Crippen LogP contribution in [-0.2, 0) is 11.2 Å². The van der Waals surface area contributed by atoms with Crippen LogP contribution in [0.4, 0.5) is 0 Å². The number of fused-ring (bicyclic) bond motifs is 2.